The fourth-order valence-corrected chi connectivity index (χ4v) is 4.46. The van der Waals surface area contributed by atoms with Crippen molar-refractivity contribution in [2.75, 3.05) is 26.2 Å². The van der Waals surface area contributed by atoms with Gasteiger partial charge < -0.3 is 0 Å². The van der Waals surface area contributed by atoms with Crippen molar-refractivity contribution >= 4 is 10.0 Å². The molecule has 4 nitrogen and oxygen atoms in total. The summed E-state index contributed by atoms with van der Waals surface area (Å²) in [5, 5.41) is 0. The van der Waals surface area contributed by atoms with Crippen molar-refractivity contribution in [3.05, 3.63) is 66.2 Å². The number of hydrogen-bond donors (Lipinski definition) is 0. The predicted molar refractivity (Wildman–Crippen MR) is 91.6 cm³/mol. The molecule has 0 spiro atoms. The molecule has 1 saturated heterocycles. The van der Waals surface area contributed by atoms with Gasteiger partial charge in [0.2, 0.25) is 10.0 Å². The molecule has 0 N–H and O–H groups in total. The normalized spacial score (nSPS) is 18.7. The number of benzene rings is 2. The molecular formula is C18H22N2O2S. The molecule has 1 atom stereocenters. The van der Waals surface area contributed by atoms with Gasteiger partial charge in [0.1, 0.15) is 0 Å². The number of rotatable bonds is 4. The highest BCUT2D eigenvalue weighted by atomic mass is 32.2. The first kappa shape index (κ1) is 16.2. The molecule has 23 heavy (non-hydrogen) atoms. The predicted octanol–water partition coefficient (Wildman–Crippen LogP) is 2.75. The van der Waals surface area contributed by atoms with Gasteiger partial charge in [-0.2, -0.15) is 4.31 Å². The van der Waals surface area contributed by atoms with Gasteiger partial charge in [-0.1, -0.05) is 48.5 Å². The molecule has 2 aromatic rings. The van der Waals surface area contributed by atoms with Gasteiger partial charge in [-0.3, -0.25) is 4.90 Å². The lowest BCUT2D eigenvalue weighted by Gasteiger charge is -2.37. The van der Waals surface area contributed by atoms with Gasteiger partial charge in [0, 0.05) is 32.2 Å². The van der Waals surface area contributed by atoms with Crippen molar-refractivity contribution in [1.29, 1.82) is 0 Å². The Kier molecular flexibility index (Phi) is 4.80. The van der Waals surface area contributed by atoms with E-state index >= 15 is 0 Å². The highest BCUT2D eigenvalue weighted by Gasteiger charge is 2.30. The lowest BCUT2D eigenvalue weighted by Crippen LogP contribution is -2.49. The zero-order valence-electron chi connectivity index (χ0n) is 13.3. The lowest BCUT2D eigenvalue weighted by atomic mass is 10.1. The van der Waals surface area contributed by atoms with Gasteiger partial charge in [0.15, 0.2) is 0 Å². The lowest BCUT2D eigenvalue weighted by molar-refractivity contribution is 0.146. The SMILES string of the molecule is C[C@@H](c1ccccc1)N1CCN(S(=O)(=O)c2ccccc2)CC1. The van der Waals surface area contributed by atoms with Crippen molar-refractivity contribution in [2.45, 2.75) is 17.9 Å². The monoisotopic (exact) mass is 330 g/mol. The zero-order chi connectivity index (χ0) is 16.3. The second-order valence-corrected chi connectivity index (χ2v) is 7.78. The summed E-state index contributed by atoms with van der Waals surface area (Å²) in [6, 6.07) is 19.3. The topological polar surface area (TPSA) is 40.6 Å². The molecular weight excluding hydrogens is 308 g/mol. The summed E-state index contributed by atoms with van der Waals surface area (Å²) >= 11 is 0. The molecule has 1 aliphatic heterocycles. The third-order valence-corrected chi connectivity index (χ3v) is 6.40. The second-order valence-electron chi connectivity index (χ2n) is 5.84. The van der Waals surface area contributed by atoms with Gasteiger partial charge in [0.25, 0.3) is 0 Å². The molecule has 5 heteroatoms. The summed E-state index contributed by atoms with van der Waals surface area (Å²) in [6.45, 7) is 4.75. The van der Waals surface area contributed by atoms with E-state index in [0.717, 1.165) is 13.1 Å². The molecule has 3 rings (SSSR count). The van der Waals surface area contributed by atoms with E-state index in [1.54, 1.807) is 28.6 Å². The fourth-order valence-electron chi connectivity index (χ4n) is 3.02. The summed E-state index contributed by atoms with van der Waals surface area (Å²) in [7, 11) is -3.37. The minimum atomic E-state index is -3.37. The van der Waals surface area contributed by atoms with Crippen molar-refractivity contribution < 1.29 is 8.42 Å². The van der Waals surface area contributed by atoms with E-state index in [0.29, 0.717) is 24.0 Å². The Morgan fingerprint density at radius 2 is 1.35 bits per heavy atom. The van der Waals surface area contributed by atoms with E-state index in [1.807, 2.05) is 24.3 Å². The van der Waals surface area contributed by atoms with Crippen LogP contribution >= 0.6 is 0 Å². The van der Waals surface area contributed by atoms with Crippen LogP contribution in [-0.2, 0) is 10.0 Å². The van der Waals surface area contributed by atoms with Gasteiger partial charge in [-0.25, -0.2) is 8.42 Å². The quantitative estimate of drug-likeness (QED) is 0.865. The van der Waals surface area contributed by atoms with Crippen molar-refractivity contribution in [2.24, 2.45) is 0 Å². The van der Waals surface area contributed by atoms with Crippen LogP contribution in [-0.4, -0.2) is 43.8 Å². The summed E-state index contributed by atoms with van der Waals surface area (Å²) in [5.74, 6) is 0. The van der Waals surface area contributed by atoms with Crippen molar-refractivity contribution in [3.63, 3.8) is 0 Å². The summed E-state index contributed by atoms with van der Waals surface area (Å²) in [6.07, 6.45) is 0. The molecule has 0 aliphatic carbocycles. The van der Waals surface area contributed by atoms with E-state index in [4.69, 9.17) is 0 Å². The summed E-state index contributed by atoms with van der Waals surface area (Å²) in [4.78, 5) is 2.72. The Morgan fingerprint density at radius 1 is 0.826 bits per heavy atom. The average Bonchev–Trinajstić information content (AvgIpc) is 2.63. The van der Waals surface area contributed by atoms with Crippen LogP contribution in [0, 0.1) is 0 Å². The highest BCUT2D eigenvalue weighted by molar-refractivity contribution is 7.89. The van der Waals surface area contributed by atoms with Crippen LogP contribution in [0.25, 0.3) is 0 Å². The number of hydrogen-bond acceptors (Lipinski definition) is 3. The maximum atomic E-state index is 12.6. The second kappa shape index (κ2) is 6.83. The van der Waals surface area contributed by atoms with Crippen molar-refractivity contribution in [3.8, 4) is 0 Å². The van der Waals surface area contributed by atoms with Crippen LogP contribution in [0.4, 0.5) is 0 Å². The fraction of sp³-hybridized carbons (Fsp3) is 0.333. The van der Waals surface area contributed by atoms with Gasteiger partial charge in [-0.15, -0.1) is 0 Å². The third kappa shape index (κ3) is 3.47. The van der Waals surface area contributed by atoms with Crippen molar-refractivity contribution in [1.82, 2.24) is 9.21 Å². The Labute approximate surface area is 138 Å². The van der Waals surface area contributed by atoms with Gasteiger partial charge >= 0.3 is 0 Å². The first-order valence-corrected chi connectivity index (χ1v) is 9.37. The molecule has 1 fully saturated rings. The smallest absolute Gasteiger partial charge is 0.243 e. The molecule has 0 saturated carbocycles. The molecule has 122 valence electrons. The third-order valence-electron chi connectivity index (χ3n) is 4.48. The minimum Gasteiger partial charge on any atom is -0.294 e. The highest BCUT2D eigenvalue weighted by Crippen LogP contribution is 2.23. The van der Waals surface area contributed by atoms with Crippen LogP contribution in [0.2, 0.25) is 0 Å². The molecule has 1 heterocycles. The van der Waals surface area contributed by atoms with Gasteiger partial charge in [0.05, 0.1) is 4.90 Å². The summed E-state index contributed by atoms with van der Waals surface area (Å²) < 4.78 is 26.9. The Balaban J connectivity index is 1.67. The minimum absolute atomic E-state index is 0.303. The molecule has 0 aromatic heterocycles. The Hall–Kier alpha value is -1.69. The van der Waals surface area contributed by atoms with Crippen LogP contribution in [0.3, 0.4) is 0 Å². The van der Waals surface area contributed by atoms with Crippen LogP contribution in [0.1, 0.15) is 18.5 Å². The Bertz CT molecular complexity index is 724. The van der Waals surface area contributed by atoms with E-state index < -0.39 is 10.0 Å². The first-order valence-electron chi connectivity index (χ1n) is 7.93. The first-order chi connectivity index (χ1) is 11.1. The number of piperazine rings is 1. The molecule has 0 bridgehead atoms. The van der Waals surface area contributed by atoms with Gasteiger partial charge in [-0.05, 0) is 24.6 Å². The molecule has 1 aliphatic rings. The largest absolute Gasteiger partial charge is 0.294 e. The standard InChI is InChI=1S/C18H22N2O2S/c1-16(17-8-4-2-5-9-17)19-12-14-20(15-13-19)23(21,22)18-10-6-3-7-11-18/h2-11,16H,12-15H2,1H3/t16-/m0/s1. The maximum absolute atomic E-state index is 12.6. The number of nitrogens with zero attached hydrogens (tertiary/aromatic N) is 2. The van der Waals surface area contributed by atoms with Crippen LogP contribution in [0.15, 0.2) is 65.6 Å². The zero-order valence-corrected chi connectivity index (χ0v) is 14.1. The van der Waals surface area contributed by atoms with E-state index in [1.165, 1.54) is 5.56 Å². The van der Waals surface area contributed by atoms with E-state index in [9.17, 15) is 8.42 Å². The van der Waals surface area contributed by atoms with Crippen LogP contribution < -0.4 is 0 Å². The molecule has 0 unspecified atom stereocenters. The molecule has 2 aromatic carbocycles. The van der Waals surface area contributed by atoms with Crippen LogP contribution in [0.5, 0.6) is 0 Å². The van der Waals surface area contributed by atoms with E-state index in [-0.39, 0.29) is 0 Å². The average molecular weight is 330 g/mol. The number of sulfonamides is 1. The molecule has 0 radical (unpaired) electrons. The van der Waals surface area contributed by atoms with E-state index in [2.05, 4.69) is 24.0 Å². The maximum Gasteiger partial charge on any atom is 0.243 e. The summed E-state index contributed by atoms with van der Waals surface area (Å²) in [5.41, 5.74) is 1.27. The molecule has 0 amide bonds. The Morgan fingerprint density at radius 3 is 1.91 bits per heavy atom.